The van der Waals surface area contributed by atoms with Crippen LogP contribution in [-0.4, -0.2) is 31.9 Å². The first-order chi connectivity index (χ1) is 24.3. The summed E-state index contributed by atoms with van der Waals surface area (Å²) in [7, 11) is 0. The fourth-order valence-corrected chi connectivity index (χ4v) is 4.83. The molecular formula is C42H49Br4N3O3. The van der Waals surface area contributed by atoms with E-state index in [1.54, 1.807) is 12.4 Å². The lowest BCUT2D eigenvalue weighted by molar-refractivity contribution is -0.684. The smallest absolute Gasteiger partial charge is 0.208 e. The van der Waals surface area contributed by atoms with E-state index < -0.39 is 0 Å². The highest BCUT2D eigenvalue weighted by molar-refractivity contribution is 9.19. The summed E-state index contributed by atoms with van der Waals surface area (Å²) in [6.45, 7) is 12.7. The molecule has 0 aliphatic heterocycles. The van der Waals surface area contributed by atoms with E-state index in [1.165, 1.54) is 33.4 Å². The van der Waals surface area contributed by atoms with Crippen molar-refractivity contribution < 1.29 is 35.9 Å². The maximum Gasteiger partial charge on any atom is 0.208 e. The van der Waals surface area contributed by atoms with Crippen LogP contribution >= 0.6 is 47.8 Å². The van der Waals surface area contributed by atoms with Crippen LogP contribution in [0.25, 0.3) is 0 Å². The minimum absolute atomic E-state index is 0. The number of Topliss-reactive ketones (excluding diaryl/α,β-unsaturated/α-hetero) is 2. The summed E-state index contributed by atoms with van der Waals surface area (Å²) in [5, 5.41) is 0.841. The molecule has 0 fully saturated rings. The molecule has 0 saturated heterocycles. The van der Waals surface area contributed by atoms with E-state index in [4.69, 9.17) is 5.73 Å². The van der Waals surface area contributed by atoms with Crippen LogP contribution in [0.3, 0.4) is 0 Å². The van der Waals surface area contributed by atoms with Gasteiger partial charge in [-0.25, -0.2) is 0 Å². The zero-order valence-electron chi connectivity index (χ0n) is 30.7. The Balaban J connectivity index is 0.000000672. The highest BCUT2D eigenvalue weighted by Crippen LogP contribution is 2.16. The fraction of sp³-hybridized carbons (Fsp3) is 0.262. The summed E-state index contributed by atoms with van der Waals surface area (Å²) in [6, 6.07) is 29.9. The number of aromatic nitrogens is 2. The third-order valence-electron chi connectivity index (χ3n) is 7.54. The molecule has 0 radical (unpaired) electrons. The highest BCUT2D eigenvalue weighted by Gasteiger charge is 2.12. The Morgan fingerprint density at radius 3 is 1.25 bits per heavy atom. The first-order valence-electron chi connectivity index (χ1n) is 16.3. The lowest BCUT2D eigenvalue weighted by Gasteiger charge is -2.07. The lowest BCUT2D eigenvalue weighted by Crippen LogP contribution is -3.00. The van der Waals surface area contributed by atoms with Crippen molar-refractivity contribution in [2.24, 2.45) is 0 Å². The van der Waals surface area contributed by atoms with Gasteiger partial charge in [-0.05, 0) is 114 Å². The molecule has 5 aromatic rings. The summed E-state index contributed by atoms with van der Waals surface area (Å²) >= 11 is 8.78. The van der Waals surface area contributed by atoms with Gasteiger partial charge in [-0.2, -0.15) is 4.57 Å². The molecule has 2 N–H and O–H groups in total. The second-order valence-electron chi connectivity index (χ2n) is 11.7. The molecule has 3 aromatic carbocycles. The number of nitrogens with zero attached hydrogens (tertiary/aromatic N) is 2. The van der Waals surface area contributed by atoms with E-state index in [0.717, 1.165) is 16.8 Å². The van der Waals surface area contributed by atoms with Gasteiger partial charge in [0.1, 0.15) is 5.78 Å². The number of nitrogens with two attached hydrogens (primary N) is 1. The van der Waals surface area contributed by atoms with E-state index in [0.29, 0.717) is 30.0 Å². The third-order valence-corrected chi connectivity index (χ3v) is 9.70. The Hall–Kier alpha value is -3.31. The fourth-order valence-electron chi connectivity index (χ4n) is 4.64. The lowest BCUT2D eigenvalue weighted by atomic mass is 9.98. The Morgan fingerprint density at radius 1 is 0.577 bits per heavy atom. The molecule has 5 rings (SSSR count). The molecule has 0 spiro atoms. The number of halogens is 4. The van der Waals surface area contributed by atoms with Crippen LogP contribution in [-0.2, 0) is 33.8 Å². The second-order valence-corrected chi connectivity index (χ2v) is 13.7. The molecule has 52 heavy (non-hydrogen) atoms. The minimum atomic E-state index is -0.0162. The van der Waals surface area contributed by atoms with Crippen LogP contribution in [0.15, 0.2) is 116 Å². The molecule has 2 aromatic heterocycles. The Bertz CT molecular complexity index is 1700. The molecule has 0 saturated carbocycles. The van der Waals surface area contributed by atoms with Gasteiger partial charge < -0.3 is 22.7 Å². The van der Waals surface area contributed by atoms with Crippen LogP contribution in [0, 0.1) is 41.5 Å². The number of benzene rings is 3. The Kier molecular flexibility index (Phi) is 26.4. The van der Waals surface area contributed by atoms with Crippen molar-refractivity contribution in [2.45, 2.75) is 60.9 Å². The summed E-state index contributed by atoms with van der Waals surface area (Å²) in [5.41, 5.74) is 16.1. The van der Waals surface area contributed by atoms with Gasteiger partial charge in [0.2, 0.25) is 17.0 Å². The highest BCUT2D eigenvalue weighted by atomic mass is 79.9. The number of hydrogen-bond acceptors (Lipinski definition) is 5. The topological polar surface area (TPSA) is 94.0 Å². The van der Waals surface area contributed by atoms with Gasteiger partial charge in [-0.3, -0.25) is 19.4 Å². The molecule has 6 nitrogen and oxygen atoms in total. The predicted octanol–water partition coefficient (Wildman–Crippen LogP) is 6.49. The summed E-state index contributed by atoms with van der Waals surface area (Å²) in [4.78, 5) is 36.8. The van der Waals surface area contributed by atoms with Crippen LogP contribution in [0.1, 0.15) is 44.5 Å². The number of carbonyl (C=O) groups excluding carboxylic acids is 3. The van der Waals surface area contributed by atoms with Gasteiger partial charge in [0.25, 0.3) is 0 Å². The zero-order chi connectivity index (χ0) is 38.2. The molecule has 0 unspecified atom stereocenters. The van der Waals surface area contributed by atoms with Gasteiger partial charge in [0.15, 0.2) is 12.4 Å². The second kappa shape index (κ2) is 28.2. The van der Waals surface area contributed by atoms with Crippen LogP contribution in [0.4, 0.5) is 5.69 Å². The molecule has 278 valence electrons. The van der Waals surface area contributed by atoms with E-state index in [9.17, 15) is 14.4 Å². The van der Waals surface area contributed by atoms with Gasteiger partial charge in [-0.1, -0.05) is 98.6 Å². The average Bonchev–Trinajstić information content (AvgIpc) is 3.12. The van der Waals surface area contributed by atoms with Gasteiger partial charge in [0, 0.05) is 43.1 Å². The number of ketones is 2. The molecule has 0 aliphatic carbocycles. The van der Waals surface area contributed by atoms with Gasteiger partial charge in [-0.15, -0.1) is 0 Å². The number of carbonyl (C=O) groups is 3. The number of rotatable bonds is 8. The molecule has 0 amide bonds. The van der Waals surface area contributed by atoms with Crippen LogP contribution in [0.5, 0.6) is 0 Å². The molecular weight excluding hydrogens is 914 g/mol. The van der Waals surface area contributed by atoms with Crippen molar-refractivity contribution in [3.05, 3.63) is 160 Å². The number of nitrogen functional groups attached to an aromatic ring is 1. The summed E-state index contributed by atoms with van der Waals surface area (Å²) in [5.74, 6) is 0.473. The number of anilines is 1. The van der Waals surface area contributed by atoms with Crippen molar-refractivity contribution in [1.82, 2.24) is 4.98 Å². The Labute approximate surface area is 345 Å². The quantitative estimate of drug-likeness (QED) is 0.0832. The van der Waals surface area contributed by atoms with E-state index >= 15 is 0 Å². The van der Waals surface area contributed by atoms with Crippen molar-refractivity contribution >= 4 is 69.7 Å². The van der Waals surface area contributed by atoms with Crippen molar-refractivity contribution in [1.29, 1.82) is 0 Å². The average molecular weight is 963 g/mol. The normalized spacial score (nSPS) is 9.40. The number of aryl methyl sites for hydroxylation is 6. The predicted molar refractivity (Wildman–Crippen MR) is 222 cm³/mol. The van der Waals surface area contributed by atoms with Crippen LogP contribution in [0.2, 0.25) is 0 Å². The molecule has 0 bridgehead atoms. The number of alkyl halides is 2. The van der Waals surface area contributed by atoms with Crippen molar-refractivity contribution in [2.75, 3.05) is 16.4 Å². The number of hydrogen-bond donors (Lipinski definition) is 1. The van der Waals surface area contributed by atoms with Crippen LogP contribution < -0.4 is 27.3 Å². The standard InChI is InChI=1S/C16H18NO.C11H13BrO.C8H11N.C5H5N.C2H2Br2O.BrH/c1-13-7-6-8-14(2)16(13)11-15(18)12-17-9-4-3-5-10-17;1-8-4-3-5-9(2)11(8)6-10(13)7-12;1-6-4-3-5-7(2)8(6)9;1-2-4-6-5-3-1;3-1-2(4)5;/h3-10H,11-12H2,1-2H3;3-5H,6-7H2,1-2H3;3-5H,9H2,1-2H3;1-5H;1H2;1H/q+1;;;;;/p-1. The largest absolute Gasteiger partial charge is 1.00 e. The van der Waals surface area contributed by atoms with E-state index in [2.05, 4.69) is 78.8 Å². The van der Waals surface area contributed by atoms with Crippen molar-refractivity contribution in [3.8, 4) is 0 Å². The SMILES string of the molecule is Cc1cccc(C)c1CC(=O)CBr.Cc1cccc(C)c1CC(=O)C[n+]1ccccc1.Cc1cccc(C)c1N.O=C(Br)CBr.[Br-].c1ccncc1. The molecule has 10 heteroatoms. The third kappa shape index (κ3) is 20.7. The van der Waals surface area contributed by atoms with E-state index in [-0.39, 0.29) is 33.2 Å². The summed E-state index contributed by atoms with van der Waals surface area (Å²) in [6.07, 6.45) is 8.40. The maximum atomic E-state index is 12.1. The number of para-hydroxylation sites is 1. The first-order valence-corrected chi connectivity index (χ1v) is 19.4. The Morgan fingerprint density at radius 2 is 0.942 bits per heavy atom. The molecule has 2 heterocycles. The maximum absolute atomic E-state index is 12.1. The molecule has 0 aliphatic rings. The molecule has 0 atom stereocenters. The van der Waals surface area contributed by atoms with Crippen molar-refractivity contribution in [3.63, 3.8) is 0 Å². The van der Waals surface area contributed by atoms with Gasteiger partial charge >= 0.3 is 0 Å². The monoisotopic (exact) mass is 959 g/mol. The number of pyridine rings is 2. The minimum Gasteiger partial charge on any atom is -1.00 e. The van der Waals surface area contributed by atoms with Gasteiger partial charge in [0.05, 0.1) is 10.7 Å². The summed E-state index contributed by atoms with van der Waals surface area (Å²) < 4.78 is 1.90. The zero-order valence-corrected chi connectivity index (χ0v) is 37.1. The van der Waals surface area contributed by atoms with E-state index in [1.807, 2.05) is 124 Å². The first kappa shape index (κ1) is 48.7.